The molecule has 1 nitrogen and oxygen atoms in total. The molecule has 3 aromatic carbocycles. The number of hydrogen-bond acceptors (Lipinski definition) is 0. The molecule has 1 radical (unpaired) electrons. The predicted octanol–water partition coefficient (Wildman–Crippen LogP) is 0.739. The molecule has 3 aromatic rings. The smallest absolute Gasteiger partial charge is 1.00 e. The Hall–Kier alpha value is -1.60. The summed E-state index contributed by atoms with van der Waals surface area (Å²) in [7, 11) is 0. The van der Waals surface area contributed by atoms with E-state index in [0.29, 0.717) is 5.69 Å². The fourth-order valence-corrected chi connectivity index (χ4v) is 2.78. The van der Waals surface area contributed by atoms with Crippen LogP contribution in [0.25, 0.3) is 16.9 Å². The molecule has 0 amide bonds. The summed E-state index contributed by atoms with van der Waals surface area (Å²) in [4.78, 5) is 0. The molecule has 2 aliphatic rings. The van der Waals surface area contributed by atoms with Gasteiger partial charge in [0.15, 0.2) is 0 Å². The molecule has 0 spiro atoms. The van der Waals surface area contributed by atoms with Crippen molar-refractivity contribution >= 4 is 5.69 Å². The van der Waals surface area contributed by atoms with Crippen LogP contribution < -0.4 is 24.8 Å². The fraction of sp³-hybridized carbons (Fsp3) is 0.0833. The van der Waals surface area contributed by atoms with E-state index in [-0.39, 0.29) is 51.0 Å². The third kappa shape index (κ3) is 7.80. The summed E-state index contributed by atoms with van der Waals surface area (Å²) in [5.74, 6) is 0. The number of allylic oxidation sites excluding steroid dienone is 4. The minimum Gasteiger partial charge on any atom is -1.00 e. The van der Waals surface area contributed by atoms with Gasteiger partial charge in [0.1, 0.15) is 0 Å². The molecule has 0 heterocycles. The summed E-state index contributed by atoms with van der Waals surface area (Å²) in [5, 5.41) is 0. The van der Waals surface area contributed by atoms with Crippen LogP contribution in [-0.2, 0) is 32.6 Å². The van der Waals surface area contributed by atoms with Gasteiger partial charge in [-0.15, -0.1) is 17.7 Å². The Morgan fingerprint density at radius 3 is 2.04 bits per heavy atom. The molecule has 2 aliphatic carbocycles. The Balaban J connectivity index is 0.000000419. The summed E-state index contributed by atoms with van der Waals surface area (Å²) in [6.45, 7) is 0. The maximum atomic E-state index is 7.00. The van der Waals surface area contributed by atoms with Crippen LogP contribution in [0.15, 0.2) is 91.0 Å². The average Bonchev–Trinajstić information content (AvgIpc) is 3.34. The van der Waals surface area contributed by atoms with Crippen molar-refractivity contribution in [2.75, 3.05) is 0 Å². The van der Waals surface area contributed by atoms with Crippen LogP contribution in [0.3, 0.4) is 0 Å². The summed E-state index contributed by atoms with van der Waals surface area (Å²) in [6, 6.07) is 27.2. The van der Waals surface area contributed by atoms with E-state index < -0.39 is 0 Å². The zero-order valence-corrected chi connectivity index (χ0v) is 19.3. The van der Waals surface area contributed by atoms with Crippen LogP contribution in [-0.4, -0.2) is 0 Å². The molecule has 4 heteroatoms. The van der Waals surface area contributed by atoms with Crippen molar-refractivity contribution in [3.8, 4) is 11.1 Å². The molecule has 141 valence electrons. The van der Waals surface area contributed by atoms with Crippen LogP contribution in [0.5, 0.6) is 0 Å². The molecule has 0 atom stereocenters. The third-order valence-corrected chi connectivity index (χ3v) is 3.98. The summed E-state index contributed by atoms with van der Waals surface area (Å²) in [6.07, 6.45) is 11.0. The van der Waals surface area contributed by atoms with Gasteiger partial charge >= 0.3 is 26.2 Å². The first-order valence-corrected chi connectivity index (χ1v) is 8.41. The van der Waals surface area contributed by atoms with Gasteiger partial charge < -0.3 is 30.5 Å². The van der Waals surface area contributed by atoms with E-state index in [0.717, 1.165) is 12.8 Å². The molecule has 0 saturated heterocycles. The summed E-state index contributed by atoms with van der Waals surface area (Å²) < 4.78 is 0. The molecule has 0 fully saturated rings. The zero-order valence-electron chi connectivity index (χ0n) is 15.3. The van der Waals surface area contributed by atoms with Crippen LogP contribution in [0.2, 0.25) is 0 Å². The first-order chi connectivity index (χ1) is 12.3. The number of rotatable bonds is 0. The zero-order chi connectivity index (χ0) is 17.3. The van der Waals surface area contributed by atoms with Gasteiger partial charge in [-0.25, -0.2) is 12.2 Å². The van der Waals surface area contributed by atoms with Crippen molar-refractivity contribution in [2.24, 2.45) is 0 Å². The van der Waals surface area contributed by atoms with Crippen molar-refractivity contribution in [1.82, 2.24) is 0 Å². The van der Waals surface area contributed by atoms with E-state index in [2.05, 4.69) is 54.6 Å². The Kier molecular flexibility index (Phi) is 13.6. The Morgan fingerprint density at radius 2 is 1.46 bits per heavy atom. The maximum Gasteiger partial charge on any atom is 3.00 e. The number of nitrogens with one attached hydrogen (secondary N) is 1. The molecular weight excluding hydrogens is 464 g/mol. The summed E-state index contributed by atoms with van der Waals surface area (Å²) in [5.41, 5.74) is 13.1. The number of hydrogen-bond donors (Lipinski definition) is 0. The van der Waals surface area contributed by atoms with Crippen LogP contribution >= 0.6 is 0 Å². The van der Waals surface area contributed by atoms with E-state index in [1.54, 1.807) is 12.1 Å². The van der Waals surface area contributed by atoms with Crippen LogP contribution in [0.1, 0.15) is 17.5 Å². The van der Waals surface area contributed by atoms with Gasteiger partial charge in [0, 0.05) is 0 Å². The fourth-order valence-electron chi connectivity index (χ4n) is 2.78. The van der Waals surface area contributed by atoms with E-state index in [4.69, 9.17) is 5.73 Å². The normalized spacial score (nSPS) is 11.0. The molecule has 5 rings (SSSR count). The minimum atomic E-state index is 0. The first kappa shape index (κ1) is 26.4. The van der Waals surface area contributed by atoms with Crippen molar-refractivity contribution in [1.29, 1.82) is 0 Å². The monoisotopic (exact) mass is 482 g/mol. The van der Waals surface area contributed by atoms with E-state index >= 15 is 0 Å². The van der Waals surface area contributed by atoms with Gasteiger partial charge in [-0.05, 0) is 6.42 Å². The second-order valence-electron chi connectivity index (χ2n) is 5.77. The second-order valence-corrected chi connectivity index (χ2v) is 5.77. The molecular formula is C24H20Cl2NZr-2. The number of benzene rings is 3. The third-order valence-electron chi connectivity index (χ3n) is 3.98. The van der Waals surface area contributed by atoms with Gasteiger partial charge in [0.05, 0.1) is 0 Å². The topological polar surface area (TPSA) is 23.8 Å². The Bertz CT molecular complexity index is 823. The molecule has 1 N–H and O–H groups in total. The molecule has 0 unspecified atom stereocenters. The van der Waals surface area contributed by atoms with Gasteiger partial charge in [-0.3, -0.25) is 6.08 Å². The van der Waals surface area contributed by atoms with Crippen LogP contribution in [0.4, 0.5) is 5.69 Å². The minimum absolute atomic E-state index is 0. The molecule has 0 aliphatic heterocycles. The Morgan fingerprint density at radius 1 is 0.786 bits per heavy atom. The van der Waals surface area contributed by atoms with E-state index in [1.807, 2.05) is 36.4 Å². The molecule has 0 saturated carbocycles. The van der Waals surface area contributed by atoms with Gasteiger partial charge in [-0.2, -0.15) is 35.9 Å². The van der Waals surface area contributed by atoms with Gasteiger partial charge in [-0.1, -0.05) is 65.7 Å². The standard InChI is InChI=1S/C13H9.C6H6N.C5H5.2ClH.Zr/c1-3-7-12-10(5-1)9-11-6-2-4-8-13(11)12;7-6-4-2-1-3-5-6;1-2-4-5-3-1;;;/h1-5,7-8H,9H2;1-5,7H;1-3H,4H2;2*1H;/q3*-1;;;+3/p-2. The average molecular weight is 485 g/mol. The largest absolute Gasteiger partial charge is 3.00 e. The first-order valence-electron chi connectivity index (χ1n) is 8.41. The van der Waals surface area contributed by atoms with E-state index in [9.17, 15) is 0 Å². The van der Waals surface area contributed by atoms with Gasteiger partial charge in [0.2, 0.25) is 0 Å². The van der Waals surface area contributed by atoms with Crippen molar-refractivity contribution in [3.05, 3.63) is 120 Å². The molecule has 0 bridgehead atoms. The number of halogens is 2. The predicted molar refractivity (Wildman–Crippen MR) is 106 cm³/mol. The Labute approximate surface area is 199 Å². The maximum absolute atomic E-state index is 7.00. The van der Waals surface area contributed by atoms with Crippen molar-refractivity contribution in [2.45, 2.75) is 12.8 Å². The molecule has 28 heavy (non-hydrogen) atoms. The van der Waals surface area contributed by atoms with Crippen molar-refractivity contribution < 1.29 is 51.0 Å². The summed E-state index contributed by atoms with van der Waals surface area (Å²) >= 11 is 0. The second kappa shape index (κ2) is 14.4. The van der Waals surface area contributed by atoms with E-state index in [1.165, 1.54) is 22.3 Å². The molecule has 0 aromatic heterocycles. The SMILES string of the molecule is [C-]1=CC=CC1.[Cl-].[Cl-].[NH-]c1ccccc1.[Zr+3].[c-]1cccc2c1Cc1ccccc1-2. The van der Waals surface area contributed by atoms with Gasteiger partial charge in [0.25, 0.3) is 0 Å². The van der Waals surface area contributed by atoms with Crippen LogP contribution in [0, 0.1) is 12.1 Å². The quantitative estimate of drug-likeness (QED) is 0.329. The van der Waals surface area contributed by atoms with Crippen molar-refractivity contribution in [3.63, 3.8) is 0 Å². The number of fused-ring (bicyclic) bond motifs is 3.